The minimum Gasteiger partial charge on any atom is -0.494 e. The van der Waals surface area contributed by atoms with Gasteiger partial charge in [0.1, 0.15) is 5.75 Å². The number of hydrogen-bond donors (Lipinski definition) is 1. The Morgan fingerprint density at radius 1 is 1.21 bits per heavy atom. The molecule has 1 aromatic rings. The van der Waals surface area contributed by atoms with Crippen LogP contribution >= 0.6 is 0 Å². The number of rotatable bonds is 8. The Labute approximate surface area is 117 Å². The maximum atomic E-state index is 5.48. The summed E-state index contributed by atoms with van der Waals surface area (Å²) in [6.45, 7) is 7.84. The molecule has 0 saturated heterocycles. The SMILES string of the molecule is CC#CCCC(NCCC)c1ccc(OCC)cc1. The van der Waals surface area contributed by atoms with Crippen LogP contribution in [0.4, 0.5) is 0 Å². The highest BCUT2D eigenvalue weighted by Crippen LogP contribution is 2.21. The van der Waals surface area contributed by atoms with E-state index in [9.17, 15) is 0 Å². The molecule has 1 rings (SSSR count). The summed E-state index contributed by atoms with van der Waals surface area (Å²) >= 11 is 0. The lowest BCUT2D eigenvalue weighted by Gasteiger charge is -2.18. The molecule has 0 saturated carbocycles. The minimum atomic E-state index is 0.386. The zero-order valence-electron chi connectivity index (χ0n) is 12.3. The van der Waals surface area contributed by atoms with E-state index >= 15 is 0 Å². The summed E-state index contributed by atoms with van der Waals surface area (Å²) < 4.78 is 5.48. The van der Waals surface area contributed by atoms with Gasteiger partial charge in [0, 0.05) is 12.5 Å². The van der Waals surface area contributed by atoms with E-state index in [0.717, 1.165) is 31.6 Å². The molecule has 0 bridgehead atoms. The molecule has 0 aliphatic carbocycles. The summed E-state index contributed by atoms with van der Waals surface area (Å²) in [5, 5.41) is 3.59. The predicted octanol–water partition coefficient (Wildman–Crippen LogP) is 3.93. The van der Waals surface area contributed by atoms with Gasteiger partial charge in [-0.1, -0.05) is 19.1 Å². The Kier molecular flexibility index (Phi) is 7.77. The van der Waals surface area contributed by atoms with Gasteiger partial charge >= 0.3 is 0 Å². The van der Waals surface area contributed by atoms with Crippen LogP contribution in [0.3, 0.4) is 0 Å². The van der Waals surface area contributed by atoms with Crippen molar-refractivity contribution >= 4 is 0 Å². The molecule has 0 heterocycles. The molecule has 0 amide bonds. The first-order valence-electron chi connectivity index (χ1n) is 7.17. The molecule has 0 fully saturated rings. The number of hydrogen-bond acceptors (Lipinski definition) is 2. The molecule has 0 aliphatic heterocycles. The van der Waals surface area contributed by atoms with E-state index in [1.54, 1.807) is 0 Å². The van der Waals surface area contributed by atoms with Gasteiger partial charge in [-0.05, 0) is 50.9 Å². The van der Waals surface area contributed by atoms with Gasteiger partial charge in [-0.2, -0.15) is 0 Å². The average Bonchev–Trinajstić information content (AvgIpc) is 2.44. The maximum absolute atomic E-state index is 5.48. The van der Waals surface area contributed by atoms with Crippen LogP contribution < -0.4 is 10.1 Å². The zero-order valence-corrected chi connectivity index (χ0v) is 12.3. The summed E-state index contributed by atoms with van der Waals surface area (Å²) in [4.78, 5) is 0. The van der Waals surface area contributed by atoms with Crippen LogP contribution in [0.2, 0.25) is 0 Å². The average molecular weight is 259 g/mol. The first-order valence-corrected chi connectivity index (χ1v) is 7.17. The highest BCUT2D eigenvalue weighted by atomic mass is 16.5. The fraction of sp³-hybridized carbons (Fsp3) is 0.529. The van der Waals surface area contributed by atoms with E-state index in [1.807, 2.05) is 26.0 Å². The number of ether oxygens (including phenoxy) is 1. The van der Waals surface area contributed by atoms with Gasteiger partial charge < -0.3 is 10.1 Å². The molecule has 1 N–H and O–H groups in total. The van der Waals surface area contributed by atoms with Crippen LogP contribution in [0.15, 0.2) is 24.3 Å². The molecular formula is C17H25NO. The lowest BCUT2D eigenvalue weighted by molar-refractivity contribution is 0.340. The van der Waals surface area contributed by atoms with Crippen molar-refractivity contribution in [3.05, 3.63) is 29.8 Å². The van der Waals surface area contributed by atoms with Crippen molar-refractivity contribution in [3.8, 4) is 17.6 Å². The predicted molar refractivity (Wildman–Crippen MR) is 81.3 cm³/mol. The summed E-state index contributed by atoms with van der Waals surface area (Å²) in [5.41, 5.74) is 1.31. The largest absolute Gasteiger partial charge is 0.494 e. The topological polar surface area (TPSA) is 21.3 Å². The fourth-order valence-electron chi connectivity index (χ4n) is 2.01. The first kappa shape index (κ1) is 15.6. The normalized spacial score (nSPS) is 11.5. The highest BCUT2D eigenvalue weighted by Gasteiger charge is 2.09. The molecule has 2 heteroatoms. The van der Waals surface area contributed by atoms with E-state index in [-0.39, 0.29) is 0 Å². The summed E-state index contributed by atoms with van der Waals surface area (Å²) in [6, 6.07) is 8.78. The molecule has 1 atom stereocenters. The molecule has 0 aromatic heterocycles. The third-order valence-corrected chi connectivity index (χ3v) is 2.97. The Morgan fingerprint density at radius 3 is 2.53 bits per heavy atom. The van der Waals surface area contributed by atoms with Gasteiger partial charge in [0.2, 0.25) is 0 Å². The van der Waals surface area contributed by atoms with Crippen LogP contribution in [-0.2, 0) is 0 Å². The quantitative estimate of drug-likeness (QED) is 0.714. The van der Waals surface area contributed by atoms with E-state index < -0.39 is 0 Å². The van der Waals surface area contributed by atoms with Crippen molar-refractivity contribution in [2.75, 3.05) is 13.2 Å². The zero-order chi connectivity index (χ0) is 13.9. The van der Waals surface area contributed by atoms with Crippen LogP contribution in [0.1, 0.15) is 51.6 Å². The Morgan fingerprint density at radius 2 is 1.95 bits per heavy atom. The Balaban J connectivity index is 2.67. The van der Waals surface area contributed by atoms with Crippen molar-refractivity contribution < 1.29 is 4.74 Å². The monoisotopic (exact) mass is 259 g/mol. The minimum absolute atomic E-state index is 0.386. The van der Waals surface area contributed by atoms with E-state index in [0.29, 0.717) is 12.6 Å². The molecule has 0 radical (unpaired) electrons. The molecular weight excluding hydrogens is 234 g/mol. The van der Waals surface area contributed by atoms with E-state index in [4.69, 9.17) is 4.74 Å². The summed E-state index contributed by atoms with van der Waals surface area (Å²) in [5.74, 6) is 7.04. The van der Waals surface area contributed by atoms with E-state index in [2.05, 4.69) is 36.2 Å². The molecule has 1 aromatic carbocycles. The van der Waals surface area contributed by atoms with Crippen LogP contribution in [0, 0.1) is 11.8 Å². The molecule has 19 heavy (non-hydrogen) atoms. The lowest BCUT2D eigenvalue weighted by atomic mass is 10.0. The van der Waals surface area contributed by atoms with Crippen molar-refractivity contribution in [3.63, 3.8) is 0 Å². The van der Waals surface area contributed by atoms with Crippen LogP contribution in [0.5, 0.6) is 5.75 Å². The number of benzene rings is 1. The van der Waals surface area contributed by atoms with Crippen LogP contribution in [0.25, 0.3) is 0 Å². The molecule has 2 nitrogen and oxygen atoms in total. The fourth-order valence-corrected chi connectivity index (χ4v) is 2.01. The van der Waals surface area contributed by atoms with Gasteiger partial charge in [0.25, 0.3) is 0 Å². The van der Waals surface area contributed by atoms with Crippen molar-refractivity contribution in [2.45, 2.75) is 46.1 Å². The maximum Gasteiger partial charge on any atom is 0.119 e. The lowest BCUT2D eigenvalue weighted by Crippen LogP contribution is -2.22. The van der Waals surface area contributed by atoms with Gasteiger partial charge in [-0.3, -0.25) is 0 Å². The second-order valence-corrected chi connectivity index (χ2v) is 4.47. The Bertz CT molecular complexity index is 400. The van der Waals surface area contributed by atoms with Gasteiger partial charge in [0.15, 0.2) is 0 Å². The summed E-state index contributed by atoms with van der Waals surface area (Å²) in [6.07, 6.45) is 3.13. The molecule has 104 valence electrons. The standard InChI is InChI=1S/C17H25NO/c1-4-7-8-9-17(18-14-5-2)15-10-12-16(13-11-15)19-6-3/h10-13,17-18H,5-6,8-9,14H2,1-3H3. The second kappa shape index (κ2) is 9.47. The smallest absolute Gasteiger partial charge is 0.119 e. The van der Waals surface area contributed by atoms with Crippen LogP contribution in [-0.4, -0.2) is 13.2 Å². The third kappa shape index (κ3) is 5.81. The summed E-state index contributed by atoms with van der Waals surface area (Å²) in [7, 11) is 0. The molecule has 1 unspecified atom stereocenters. The second-order valence-electron chi connectivity index (χ2n) is 4.47. The number of nitrogens with one attached hydrogen (secondary N) is 1. The van der Waals surface area contributed by atoms with Crippen molar-refractivity contribution in [1.29, 1.82) is 0 Å². The molecule has 0 aliphatic rings. The molecule has 0 spiro atoms. The van der Waals surface area contributed by atoms with Gasteiger partial charge in [0.05, 0.1) is 6.61 Å². The van der Waals surface area contributed by atoms with Gasteiger partial charge in [-0.25, -0.2) is 0 Å². The van der Waals surface area contributed by atoms with Gasteiger partial charge in [-0.15, -0.1) is 11.8 Å². The highest BCUT2D eigenvalue weighted by molar-refractivity contribution is 5.29. The van der Waals surface area contributed by atoms with E-state index in [1.165, 1.54) is 5.56 Å². The Hall–Kier alpha value is -1.46. The third-order valence-electron chi connectivity index (χ3n) is 2.97. The van der Waals surface area contributed by atoms with Crippen molar-refractivity contribution in [1.82, 2.24) is 5.32 Å². The first-order chi connectivity index (χ1) is 9.31. The van der Waals surface area contributed by atoms with Crippen molar-refractivity contribution in [2.24, 2.45) is 0 Å².